The first-order chi connectivity index (χ1) is 8.27. The lowest BCUT2D eigenvalue weighted by atomic mass is 10.0. The molecule has 0 spiro atoms. The maximum Gasteiger partial charge on any atom is 0.241 e. The SMILES string of the molecule is CCC(C)C(C)NS(=O)(=O)c1cc(Br)ccc1C. The van der Waals surface area contributed by atoms with Crippen LogP contribution in [0.5, 0.6) is 0 Å². The van der Waals surface area contributed by atoms with Crippen molar-refractivity contribution in [2.24, 2.45) is 5.92 Å². The minimum Gasteiger partial charge on any atom is -0.208 e. The average molecular weight is 334 g/mol. The average Bonchev–Trinajstić information content (AvgIpc) is 2.30. The second-order valence-corrected chi connectivity index (χ2v) is 7.30. The van der Waals surface area contributed by atoms with Gasteiger partial charge in [-0.1, -0.05) is 42.3 Å². The Morgan fingerprint density at radius 1 is 1.33 bits per heavy atom. The van der Waals surface area contributed by atoms with E-state index in [-0.39, 0.29) is 6.04 Å². The van der Waals surface area contributed by atoms with E-state index in [2.05, 4.69) is 27.6 Å². The van der Waals surface area contributed by atoms with Gasteiger partial charge < -0.3 is 0 Å². The summed E-state index contributed by atoms with van der Waals surface area (Å²) in [5.74, 6) is 0.312. The van der Waals surface area contributed by atoms with Gasteiger partial charge in [0, 0.05) is 10.5 Å². The van der Waals surface area contributed by atoms with Gasteiger partial charge >= 0.3 is 0 Å². The molecule has 0 heterocycles. The number of aryl methyl sites for hydroxylation is 1. The molecular formula is C13H20BrNO2S. The Balaban J connectivity index is 3.03. The van der Waals surface area contributed by atoms with Crippen LogP contribution in [0.1, 0.15) is 32.8 Å². The molecule has 0 aliphatic carbocycles. The highest BCUT2D eigenvalue weighted by molar-refractivity contribution is 9.10. The largest absolute Gasteiger partial charge is 0.241 e. The zero-order chi connectivity index (χ0) is 13.9. The highest BCUT2D eigenvalue weighted by Gasteiger charge is 2.22. The quantitative estimate of drug-likeness (QED) is 0.896. The molecule has 1 aromatic rings. The molecule has 2 atom stereocenters. The van der Waals surface area contributed by atoms with E-state index in [4.69, 9.17) is 0 Å². The fraction of sp³-hybridized carbons (Fsp3) is 0.538. The summed E-state index contributed by atoms with van der Waals surface area (Å²) < 4.78 is 28.1. The lowest BCUT2D eigenvalue weighted by Gasteiger charge is -2.20. The summed E-state index contributed by atoms with van der Waals surface area (Å²) in [7, 11) is -3.45. The number of benzene rings is 1. The van der Waals surface area contributed by atoms with E-state index in [1.54, 1.807) is 19.1 Å². The first kappa shape index (κ1) is 15.7. The molecule has 3 nitrogen and oxygen atoms in total. The van der Waals surface area contributed by atoms with E-state index in [1.807, 2.05) is 19.9 Å². The molecule has 0 saturated carbocycles. The highest BCUT2D eigenvalue weighted by atomic mass is 79.9. The third kappa shape index (κ3) is 3.80. The predicted molar refractivity (Wildman–Crippen MR) is 78.1 cm³/mol. The molecule has 0 bridgehead atoms. The molecule has 5 heteroatoms. The standard InChI is InChI=1S/C13H20BrNO2S/c1-5-9(2)11(4)15-18(16,17)13-8-12(14)7-6-10(13)3/h6-9,11,15H,5H2,1-4H3. The second kappa shape index (κ2) is 6.17. The number of sulfonamides is 1. The van der Waals surface area contributed by atoms with Crippen molar-refractivity contribution in [3.8, 4) is 0 Å². The molecule has 2 unspecified atom stereocenters. The van der Waals surface area contributed by atoms with Crippen LogP contribution in [0.4, 0.5) is 0 Å². The second-order valence-electron chi connectivity index (χ2n) is 4.71. The van der Waals surface area contributed by atoms with Crippen LogP contribution in [0.3, 0.4) is 0 Å². The maximum atomic E-state index is 12.3. The molecule has 0 amide bonds. The van der Waals surface area contributed by atoms with Gasteiger partial charge in [-0.25, -0.2) is 13.1 Å². The van der Waals surface area contributed by atoms with Crippen LogP contribution in [0.15, 0.2) is 27.6 Å². The van der Waals surface area contributed by atoms with Gasteiger partial charge in [0.25, 0.3) is 0 Å². The number of hydrogen-bond donors (Lipinski definition) is 1. The summed E-state index contributed by atoms with van der Waals surface area (Å²) in [6, 6.07) is 5.21. The van der Waals surface area contributed by atoms with Crippen LogP contribution >= 0.6 is 15.9 Å². The summed E-state index contributed by atoms with van der Waals surface area (Å²) in [4.78, 5) is 0.340. The number of nitrogens with one attached hydrogen (secondary N) is 1. The van der Waals surface area contributed by atoms with E-state index in [0.29, 0.717) is 10.8 Å². The molecule has 0 aliphatic rings. The van der Waals surface area contributed by atoms with E-state index in [1.165, 1.54) is 0 Å². The number of rotatable bonds is 5. The van der Waals surface area contributed by atoms with Crippen LogP contribution in [-0.2, 0) is 10.0 Å². The van der Waals surface area contributed by atoms with Crippen molar-refractivity contribution in [1.82, 2.24) is 4.72 Å². The Kier molecular flexibility index (Phi) is 5.37. The lowest BCUT2D eigenvalue weighted by molar-refractivity contribution is 0.434. The summed E-state index contributed by atoms with van der Waals surface area (Å²) >= 11 is 3.31. The number of halogens is 1. The van der Waals surface area contributed by atoms with Crippen LogP contribution in [-0.4, -0.2) is 14.5 Å². The van der Waals surface area contributed by atoms with Crippen molar-refractivity contribution >= 4 is 26.0 Å². The third-order valence-electron chi connectivity index (χ3n) is 3.28. The van der Waals surface area contributed by atoms with Gasteiger partial charge in [-0.05, 0) is 37.5 Å². The van der Waals surface area contributed by atoms with Crippen LogP contribution < -0.4 is 4.72 Å². The Morgan fingerprint density at radius 2 is 1.94 bits per heavy atom. The van der Waals surface area contributed by atoms with Crippen LogP contribution in [0.25, 0.3) is 0 Å². The molecule has 0 radical (unpaired) electrons. The molecule has 18 heavy (non-hydrogen) atoms. The van der Waals surface area contributed by atoms with Gasteiger partial charge in [0.05, 0.1) is 4.90 Å². The third-order valence-corrected chi connectivity index (χ3v) is 5.47. The fourth-order valence-corrected chi connectivity index (χ4v) is 3.78. The van der Waals surface area contributed by atoms with E-state index < -0.39 is 10.0 Å². The minimum atomic E-state index is -3.45. The Hall–Kier alpha value is -0.390. The molecular weight excluding hydrogens is 314 g/mol. The van der Waals surface area contributed by atoms with Crippen molar-refractivity contribution in [2.45, 2.75) is 45.1 Å². The van der Waals surface area contributed by atoms with Gasteiger partial charge in [0.1, 0.15) is 0 Å². The zero-order valence-corrected chi connectivity index (χ0v) is 13.6. The van der Waals surface area contributed by atoms with Gasteiger partial charge in [-0.3, -0.25) is 0 Å². The molecule has 0 fully saturated rings. The van der Waals surface area contributed by atoms with Gasteiger partial charge in [-0.2, -0.15) is 0 Å². The van der Waals surface area contributed by atoms with Crippen molar-refractivity contribution in [1.29, 1.82) is 0 Å². The molecule has 0 aliphatic heterocycles. The van der Waals surface area contributed by atoms with Gasteiger partial charge in [0.15, 0.2) is 0 Å². The fourth-order valence-electron chi connectivity index (χ4n) is 1.64. The van der Waals surface area contributed by atoms with Crippen molar-refractivity contribution in [2.75, 3.05) is 0 Å². The number of hydrogen-bond acceptors (Lipinski definition) is 2. The molecule has 0 aromatic heterocycles. The van der Waals surface area contributed by atoms with Gasteiger partial charge in [0.2, 0.25) is 10.0 Å². The zero-order valence-electron chi connectivity index (χ0n) is 11.2. The highest BCUT2D eigenvalue weighted by Crippen LogP contribution is 2.21. The first-order valence-electron chi connectivity index (χ1n) is 6.06. The van der Waals surface area contributed by atoms with E-state index >= 15 is 0 Å². The van der Waals surface area contributed by atoms with Crippen molar-refractivity contribution < 1.29 is 8.42 Å². The Bertz CT molecular complexity index is 514. The van der Waals surface area contributed by atoms with Crippen LogP contribution in [0, 0.1) is 12.8 Å². The minimum absolute atomic E-state index is 0.0709. The predicted octanol–water partition coefficient (Wildman–Crippen LogP) is 3.47. The first-order valence-corrected chi connectivity index (χ1v) is 8.34. The van der Waals surface area contributed by atoms with E-state index in [9.17, 15) is 8.42 Å². The Labute approximate surface area is 118 Å². The summed E-state index contributed by atoms with van der Waals surface area (Å²) in [6.07, 6.45) is 0.946. The Morgan fingerprint density at radius 3 is 2.50 bits per heavy atom. The molecule has 1 N–H and O–H groups in total. The summed E-state index contributed by atoms with van der Waals surface area (Å²) in [6.45, 7) is 7.80. The summed E-state index contributed by atoms with van der Waals surface area (Å²) in [5.41, 5.74) is 0.752. The maximum absolute atomic E-state index is 12.3. The monoisotopic (exact) mass is 333 g/mol. The molecule has 102 valence electrons. The van der Waals surface area contributed by atoms with Gasteiger partial charge in [-0.15, -0.1) is 0 Å². The lowest BCUT2D eigenvalue weighted by Crippen LogP contribution is -2.37. The molecule has 1 rings (SSSR count). The molecule has 0 saturated heterocycles. The molecule has 1 aromatic carbocycles. The van der Waals surface area contributed by atoms with Crippen molar-refractivity contribution in [3.63, 3.8) is 0 Å². The topological polar surface area (TPSA) is 46.2 Å². The van der Waals surface area contributed by atoms with E-state index in [0.717, 1.165) is 16.5 Å². The van der Waals surface area contributed by atoms with Crippen LogP contribution in [0.2, 0.25) is 0 Å². The summed E-state index contributed by atoms with van der Waals surface area (Å²) in [5, 5.41) is 0. The smallest absolute Gasteiger partial charge is 0.208 e. The normalized spacial score (nSPS) is 15.4. The van der Waals surface area contributed by atoms with Crippen molar-refractivity contribution in [3.05, 3.63) is 28.2 Å².